The molecule has 2 heterocycles. The monoisotopic (exact) mass is 320 g/mol. The summed E-state index contributed by atoms with van der Waals surface area (Å²) in [7, 11) is 1.76. The number of aryl methyl sites for hydroxylation is 2. The van der Waals surface area contributed by atoms with Crippen LogP contribution in [0.25, 0.3) is 10.2 Å². The summed E-state index contributed by atoms with van der Waals surface area (Å²) in [4.78, 5) is 12.6. The van der Waals surface area contributed by atoms with Crippen LogP contribution in [0.4, 0.5) is 0 Å². The molecule has 0 bridgehead atoms. The van der Waals surface area contributed by atoms with E-state index in [1.165, 1.54) is 53.8 Å². The Morgan fingerprint density at radius 3 is 2.90 bits per heavy atom. The van der Waals surface area contributed by atoms with Crippen LogP contribution < -0.4 is 0 Å². The summed E-state index contributed by atoms with van der Waals surface area (Å²) in [5.74, 6) is 2.67. The molecule has 2 aromatic heterocycles. The van der Waals surface area contributed by atoms with E-state index < -0.39 is 0 Å². The summed E-state index contributed by atoms with van der Waals surface area (Å²) in [6.07, 6.45) is 7.61. The first kappa shape index (κ1) is 14.0. The lowest BCUT2D eigenvalue weighted by Gasteiger charge is -2.12. The third-order valence-electron chi connectivity index (χ3n) is 4.27. The topological polar surface area (TPSA) is 35.0 Å². The quantitative estimate of drug-likeness (QED) is 0.470. The van der Waals surface area contributed by atoms with Crippen molar-refractivity contribution in [3.8, 4) is 0 Å². The molecule has 0 aromatic carbocycles. The zero-order valence-corrected chi connectivity index (χ0v) is 14.0. The number of hydrogen-bond acceptors (Lipinski definition) is 5. The van der Waals surface area contributed by atoms with Gasteiger partial charge in [0.05, 0.1) is 6.61 Å². The van der Waals surface area contributed by atoms with Crippen molar-refractivity contribution in [2.75, 3.05) is 19.5 Å². The van der Waals surface area contributed by atoms with Crippen molar-refractivity contribution in [1.29, 1.82) is 0 Å². The molecule has 0 aliphatic heterocycles. The van der Waals surface area contributed by atoms with Crippen molar-refractivity contribution < 1.29 is 4.74 Å². The van der Waals surface area contributed by atoms with Gasteiger partial charge in [0.15, 0.2) is 0 Å². The molecular formula is C16H20N2OS2. The van der Waals surface area contributed by atoms with E-state index in [9.17, 15) is 0 Å². The lowest BCUT2D eigenvalue weighted by Crippen LogP contribution is -2.01. The summed E-state index contributed by atoms with van der Waals surface area (Å²) >= 11 is 3.76. The van der Waals surface area contributed by atoms with E-state index in [2.05, 4.69) is 0 Å². The fourth-order valence-corrected chi connectivity index (χ4v) is 5.29. The zero-order chi connectivity index (χ0) is 14.2. The molecule has 2 aromatic rings. The summed E-state index contributed by atoms with van der Waals surface area (Å²) in [6, 6.07) is 0. The van der Waals surface area contributed by atoms with Gasteiger partial charge in [0.25, 0.3) is 0 Å². The van der Waals surface area contributed by atoms with Gasteiger partial charge in [-0.2, -0.15) is 0 Å². The van der Waals surface area contributed by atoms with Gasteiger partial charge in [-0.05, 0) is 44.1 Å². The second-order valence-electron chi connectivity index (χ2n) is 5.89. The molecule has 1 saturated carbocycles. The molecular weight excluding hydrogens is 300 g/mol. The minimum absolute atomic E-state index is 0.621. The Morgan fingerprint density at radius 2 is 2.10 bits per heavy atom. The van der Waals surface area contributed by atoms with Gasteiger partial charge in [-0.1, -0.05) is 0 Å². The minimum atomic E-state index is 0.621. The number of hydrogen-bond donors (Lipinski definition) is 0. The number of nitrogens with zero attached hydrogens (tertiary/aromatic N) is 2. The lowest BCUT2D eigenvalue weighted by atomic mass is 9.97. The van der Waals surface area contributed by atoms with Crippen LogP contribution in [0.2, 0.25) is 0 Å². The fourth-order valence-electron chi connectivity index (χ4n) is 2.99. The number of thioether (sulfide) groups is 1. The number of aromatic nitrogens is 2. The van der Waals surface area contributed by atoms with E-state index in [-0.39, 0.29) is 0 Å². The molecule has 21 heavy (non-hydrogen) atoms. The smallest absolute Gasteiger partial charge is 0.134 e. The normalized spacial score (nSPS) is 18.1. The van der Waals surface area contributed by atoms with Crippen LogP contribution in [-0.4, -0.2) is 29.4 Å². The molecule has 0 atom stereocenters. The number of fused-ring (bicyclic) bond motifs is 3. The molecule has 0 saturated heterocycles. The van der Waals surface area contributed by atoms with Crippen LogP contribution in [-0.2, 0) is 17.6 Å². The first-order valence-corrected chi connectivity index (χ1v) is 9.61. The van der Waals surface area contributed by atoms with Gasteiger partial charge in [-0.15, -0.1) is 23.1 Å². The van der Waals surface area contributed by atoms with Gasteiger partial charge in [0.2, 0.25) is 0 Å². The van der Waals surface area contributed by atoms with Crippen molar-refractivity contribution in [3.05, 3.63) is 16.3 Å². The maximum atomic E-state index is 5.20. The highest BCUT2D eigenvalue weighted by Gasteiger charge is 2.29. The third-order valence-corrected chi connectivity index (χ3v) is 6.39. The number of thiophene rings is 1. The molecule has 0 N–H and O–H groups in total. The number of ether oxygens (including phenoxy) is 1. The Labute approximate surface area is 133 Å². The summed E-state index contributed by atoms with van der Waals surface area (Å²) in [5, 5.41) is 2.57. The van der Waals surface area contributed by atoms with Crippen LogP contribution >= 0.6 is 23.1 Å². The average Bonchev–Trinajstić information content (AvgIpc) is 3.28. The predicted octanol–water partition coefficient (Wildman–Crippen LogP) is 4.19. The highest BCUT2D eigenvalue weighted by Crippen LogP contribution is 2.43. The Kier molecular flexibility index (Phi) is 3.90. The number of rotatable bonds is 5. The molecule has 0 radical (unpaired) electrons. The molecule has 0 spiro atoms. The van der Waals surface area contributed by atoms with Crippen LogP contribution in [0.3, 0.4) is 0 Å². The highest BCUT2D eigenvalue weighted by atomic mass is 32.2. The predicted molar refractivity (Wildman–Crippen MR) is 88.6 cm³/mol. The van der Waals surface area contributed by atoms with E-state index in [1.807, 2.05) is 23.1 Å². The molecule has 112 valence electrons. The summed E-state index contributed by atoms with van der Waals surface area (Å²) < 4.78 is 5.20. The number of methoxy groups -OCH3 is 1. The maximum absolute atomic E-state index is 5.20. The van der Waals surface area contributed by atoms with Crippen molar-refractivity contribution >= 4 is 33.3 Å². The van der Waals surface area contributed by atoms with Gasteiger partial charge >= 0.3 is 0 Å². The first-order chi connectivity index (χ1) is 10.4. The van der Waals surface area contributed by atoms with E-state index in [4.69, 9.17) is 14.7 Å². The Bertz CT molecular complexity index is 664. The van der Waals surface area contributed by atoms with Crippen LogP contribution in [0.15, 0.2) is 5.03 Å². The van der Waals surface area contributed by atoms with E-state index in [1.54, 1.807) is 17.6 Å². The highest BCUT2D eigenvalue weighted by molar-refractivity contribution is 7.99. The van der Waals surface area contributed by atoms with Crippen LogP contribution in [0.5, 0.6) is 0 Å². The Morgan fingerprint density at radius 1 is 1.24 bits per heavy atom. The van der Waals surface area contributed by atoms with Gasteiger partial charge in [-0.3, -0.25) is 0 Å². The van der Waals surface area contributed by atoms with Gasteiger partial charge in [0.1, 0.15) is 15.7 Å². The molecule has 4 rings (SSSR count). The minimum Gasteiger partial charge on any atom is -0.384 e. The first-order valence-electron chi connectivity index (χ1n) is 7.80. The van der Waals surface area contributed by atoms with Gasteiger partial charge < -0.3 is 4.74 Å². The Balaban J connectivity index is 1.79. The van der Waals surface area contributed by atoms with Crippen molar-refractivity contribution in [1.82, 2.24) is 9.97 Å². The molecule has 5 heteroatoms. The van der Waals surface area contributed by atoms with Gasteiger partial charge in [0, 0.05) is 29.0 Å². The van der Waals surface area contributed by atoms with Crippen molar-refractivity contribution in [2.24, 2.45) is 0 Å². The maximum Gasteiger partial charge on any atom is 0.134 e. The summed E-state index contributed by atoms with van der Waals surface area (Å²) in [5.41, 5.74) is 1.54. The van der Waals surface area contributed by atoms with Crippen LogP contribution in [0.1, 0.15) is 47.9 Å². The zero-order valence-electron chi connectivity index (χ0n) is 12.4. The van der Waals surface area contributed by atoms with Crippen molar-refractivity contribution in [3.63, 3.8) is 0 Å². The van der Waals surface area contributed by atoms with E-state index >= 15 is 0 Å². The molecule has 2 aliphatic rings. The molecule has 1 fully saturated rings. The largest absolute Gasteiger partial charge is 0.384 e. The molecule has 2 aliphatic carbocycles. The standard InChI is InChI=1S/C16H20N2OS2/c1-19-8-9-20-15-13-11-4-2-3-5-12(11)21-16(13)18-14(17-15)10-6-7-10/h10H,2-9H2,1H3. The van der Waals surface area contributed by atoms with Crippen molar-refractivity contribution in [2.45, 2.75) is 49.5 Å². The lowest BCUT2D eigenvalue weighted by molar-refractivity contribution is 0.218. The average molecular weight is 320 g/mol. The second kappa shape index (κ2) is 5.86. The van der Waals surface area contributed by atoms with E-state index in [0.29, 0.717) is 5.92 Å². The third kappa shape index (κ3) is 2.71. The molecule has 0 unspecified atom stereocenters. The Hall–Kier alpha value is -0.650. The second-order valence-corrected chi connectivity index (χ2v) is 8.06. The molecule has 3 nitrogen and oxygen atoms in total. The molecule has 0 amide bonds. The SMILES string of the molecule is COCCSc1nc(C2CC2)nc2sc3c(c12)CCCC3. The van der Waals surface area contributed by atoms with Crippen LogP contribution in [0, 0.1) is 0 Å². The van der Waals surface area contributed by atoms with Gasteiger partial charge in [-0.25, -0.2) is 9.97 Å². The fraction of sp³-hybridized carbons (Fsp3) is 0.625. The summed E-state index contributed by atoms with van der Waals surface area (Å²) in [6.45, 7) is 0.779. The van der Waals surface area contributed by atoms with E-state index in [0.717, 1.165) is 18.2 Å².